The van der Waals surface area contributed by atoms with Gasteiger partial charge in [0.15, 0.2) is 0 Å². The van der Waals surface area contributed by atoms with Gasteiger partial charge in [-0.15, -0.1) is 0 Å². The molecule has 2 saturated heterocycles. The molecule has 6 heteroatoms. The first-order valence-electron chi connectivity index (χ1n) is 8.92. The largest absolute Gasteiger partial charge is 0.381 e. The second-order valence-corrected chi connectivity index (χ2v) is 6.75. The molecule has 3 heterocycles. The highest BCUT2D eigenvalue weighted by Crippen LogP contribution is 2.31. The van der Waals surface area contributed by atoms with Crippen molar-refractivity contribution in [3.63, 3.8) is 0 Å². The van der Waals surface area contributed by atoms with Crippen LogP contribution in [0.4, 0.5) is 5.69 Å². The molecule has 0 spiro atoms. The van der Waals surface area contributed by atoms with Gasteiger partial charge in [0.25, 0.3) is 11.8 Å². The fourth-order valence-corrected chi connectivity index (χ4v) is 3.76. The molecule has 0 aliphatic carbocycles. The molecule has 1 aromatic heterocycles. The summed E-state index contributed by atoms with van der Waals surface area (Å²) < 4.78 is 5.52. The summed E-state index contributed by atoms with van der Waals surface area (Å²) >= 11 is 0. The summed E-state index contributed by atoms with van der Waals surface area (Å²) in [5, 5.41) is 2.83. The smallest absolute Gasteiger partial charge is 0.255 e. The van der Waals surface area contributed by atoms with Gasteiger partial charge in [-0.25, -0.2) is 0 Å². The lowest BCUT2D eigenvalue weighted by molar-refractivity contribution is 0.0214. The number of rotatable bonds is 3. The highest BCUT2D eigenvalue weighted by Gasteiger charge is 2.38. The van der Waals surface area contributed by atoms with Crippen molar-refractivity contribution in [2.24, 2.45) is 5.92 Å². The number of aromatic nitrogens is 1. The summed E-state index contributed by atoms with van der Waals surface area (Å²) in [5.74, 6) is 0.328. The second-order valence-electron chi connectivity index (χ2n) is 6.75. The molecule has 2 amide bonds. The monoisotopic (exact) mass is 351 g/mol. The van der Waals surface area contributed by atoms with Crippen molar-refractivity contribution in [1.82, 2.24) is 9.88 Å². The van der Waals surface area contributed by atoms with Crippen LogP contribution in [-0.2, 0) is 4.74 Å². The van der Waals surface area contributed by atoms with E-state index >= 15 is 0 Å². The SMILES string of the molecule is O=C(Nc1ccc(C(=O)N2CCC3COCCC32)cc1)c1ccncc1. The summed E-state index contributed by atoms with van der Waals surface area (Å²) in [6, 6.07) is 10.7. The number of anilines is 1. The number of carbonyl (C=O) groups excluding carboxylic acids is 2. The summed E-state index contributed by atoms with van der Waals surface area (Å²) in [7, 11) is 0. The Hall–Kier alpha value is -2.73. The van der Waals surface area contributed by atoms with Crippen LogP contribution in [0.3, 0.4) is 0 Å². The Bertz CT molecular complexity index is 792. The van der Waals surface area contributed by atoms with Crippen LogP contribution in [0.25, 0.3) is 0 Å². The van der Waals surface area contributed by atoms with Gasteiger partial charge in [0.2, 0.25) is 0 Å². The molecule has 2 aliphatic rings. The number of pyridine rings is 1. The van der Waals surface area contributed by atoms with E-state index in [-0.39, 0.29) is 11.8 Å². The van der Waals surface area contributed by atoms with Gasteiger partial charge in [-0.05, 0) is 49.2 Å². The van der Waals surface area contributed by atoms with Gasteiger partial charge in [-0.1, -0.05) is 0 Å². The zero-order valence-corrected chi connectivity index (χ0v) is 14.4. The van der Waals surface area contributed by atoms with Crippen LogP contribution in [0, 0.1) is 5.92 Å². The molecule has 26 heavy (non-hydrogen) atoms. The Kier molecular flexibility index (Phi) is 4.67. The molecule has 2 aromatic rings. The quantitative estimate of drug-likeness (QED) is 0.923. The summed E-state index contributed by atoms with van der Waals surface area (Å²) in [4.78, 5) is 30.9. The van der Waals surface area contributed by atoms with E-state index in [1.807, 2.05) is 4.90 Å². The zero-order chi connectivity index (χ0) is 17.9. The maximum Gasteiger partial charge on any atom is 0.255 e. The maximum atomic E-state index is 12.8. The molecule has 0 radical (unpaired) electrons. The van der Waals surface area contributed by atoms with Crippen molar-refractivity contribution in [3.8, 4) is 0 Å². The van der Waals surface area contributed by atoms with Gasteiger partial charge in [-0.3, -0.25) is 14.6 Å². The Morgan fingerprint density at radius 2 is 1.81 bits per heavy atom. The third kappa shape index (κ3) is 3.32. The molecule has 134 valence electrons. The highest BCUT2D eigenvalue weighted by atomic mass is 16.5. The average molecular weight is 351 g/mol. The van der Waals surface area contributed by atoms with Gasteiger partial charge in [0.05, 0.1) is 6.61 Å². The first-order valence-corrected chi connectivity index (χ1v) is 8.92. The van der Waals surface area contributed by atoms with Crippen LogP contribution < -0.4 is 5.32 Å². The number of ether oxygens (including phenoxy) is 1. The molecular formula is C20H21N3O3. The Labute approximate surface area is 152 Å². The lowest BCUT2D eigenvalue weighted by Crippen LogP contribution is -2.41. The van der Waals surface area contributed by atoms with E-state index in [1.165, 1.54) is 0 Å². The number of nitrogens with one attached hydrogen (secondary N) is 1. The molecule has 2 unspecified atom stereocenters. The number of likely N-dealkylation sites (tertiary alicyclic amines) is 1. The Morgan fingerprint density at radius 1 is 1.04 bits per heavy atom. The van der Waals surface area contributed by atoms with Crippen molar-refractivity contribution < 1.29 is 14.3 Å². The van der Waals surface area contributed by atoms with E-state index < -0.39 is 0 Å². The van der Waals surface area contributed by atoms with Crippen LogP contribution in [0.15, 0.2) is 48.8 Å². The number of hydrogen-bond donors (Lipinski definition) is 1. The van der Waals surface area contributed by atoms with E-state index in [9.17, 15) is 9.59 Å². The van der Waals surface area contributed by atoms with E-state index in [4.69, 9.17) is 4.74 Å². The number of nitrogens with zero attached hydrogens (tertiary/aromatic N) is 2. The number of carbonyl (C=O) groups is 2. The van der Waals surface area contributed by atoms with E-state index in [1.54, 1.807) is 48.8 Å². The molecule has 2 fully saturated rings. The van der Waals surface area contributed by atoms with Crippen molar-refractivity contribution in [1.29, 1.82) is 0 Å². The molecule has 0 bridgehead atoms. The van der Waals surface area contributed by atoms with Crippen LogP contribution >= 0.6 is 0 Å². The summed E-state index contributed by atoms with van der Waals surface area (Å²) in [5.41, 5.74) is 1.86. The molecule has 2 atom stereocenters. The van der Waals surface area contributed by atoms with Crippen LogP contribution in [0.2, 0.25) is 0 Å². The van der Waals surface area contributed by atoms with Crippen LogP contribution in [0.1, 0.15) is 33.6 Å². The zero-order valence-electron chi connectivity index (χ0n) is 14.4. The van der Waals surface area contributed by atoms with Gasteiger partial charge in [0, 0.05) is 54.3 Å². The predicted molar refractivity (Wildman–Crippen MR) is 97.0 cm³/mol. The Morgan fingerprint density at radius 3 is 2.58 bits per heavy atom. The van der Waals surface area contributed by atoms with Crippen molar-refractivity contribution in [2.45, 2.75) is 18.9 Å². The molecule has 6 nitrogen and oxygen atoms in total. The first kappa shape index (κ1) is 16.7. The highest BCUT2D eigenvalue weighted by molar-refractivity contribution is 6.04. The van der Waals surface area contributed by atoms with Crippen molar-refractivity contribution in [3.05, 3.63) is 59.9 Å². The van der Waals surface area contributed by atoms with Crippen molar-refractivity contribution >= 4 is 17.5 Å². The van der Waals surface area contributed by atoms with Gasteiger partial charge < -0.3 is 15.0 Å². The van der Waals surface area contributed by atoms with E-state index in [0.717, 1.165) is 32.6 Å². The van der Waals surface area contributed by atoms with E-state index in [2.05, 4.69) is 10.3 Å². The minimum absolute atomic E-state index is 0.0615. The first-order chi connectivity index (χ1) is 12.7. The van der Waals surface area contributed by atoms with Crippen molar-refractivity contribution in [2.75, 3.05) is 25.1 Å². The second kappa shape index (κ2) is 7.25. The lowest BCUT2D eigenvalue weighted by Gasteiger charge is -2.31. The van der Waals surface area contributed by atoms with E-state index in [0.29, 0.717) is 28.8 Å². The third-order valence-corrected chi connectivity index (χ3v) is 5.17. The summed E-state index contributed by atoms with van der Waals surface area (Å²) in [6.07, 6.45) is 5.08. The fourth-order valence-electron chi connectivity index (χ4n) is 3.76. The molecule has 4 rings (SSSR count). The molecule has 1 N–H and O–H groups in total. The third-order valence-electron chi connectivity index (χ3n) is 5.17. The number of fused-ring (bicyclic) bond motifs is 1. The Balaban J connectivity index is 1.42. The molecular weight excluding hydrogens is 330 g/mol. The molecule has 2 aliphatic heterocycles. The maximum absolute atomic E-state index is 12.8. The number of amides is 2. The molecule has 1 aromatic carbocycles. The van der Waals surface area contributed by atoms with Gasteiger partial charge in [0.1, 0.15) is 0 Å². The van der Waals surface area contributed by atoms with Crippen LogP contribution in [-0.4, -0.2) is 47.5 Å². The normalized spacial score (nSPS) is 21.9. The fraction of sp³-hybridized carbons (Fsp3) is 0.350. The standard InChI is InChI=1S/C20H21N3O3/c24-19(14-5-9-21-10-6-14)22-17-3-1-15(2-4-17)20(25)23-11-7-16-13-26-12-8-18(16)23/h1-6,9-10,16,18H,7-8,11-13H2,(H,22,24). The minimum Gasteiger partial charge on any atom is -0.381 e. The lowest BCUT2D eigenvalue weighted by atomic mass is 9.96. The number of hydrogen-bond acceptors (Lipinski definition) is 4. The van der Waals surface area contributed by atoms with Gasteiger partial charge in [-0.2, -0.15) is 0 Å². The topological polar surface area (TPSA) is 71.5 Å². The predicted octanol–water partition coefficient (Wildman–Crippen LogP) is 2.58. The molecule has 0 saturated carbocycles. The summed E-state index contributed by atoms with van der Waals surface area (Å²) in [6.45, 7) is 2.28. The average Bonchev–Trinajstić information content (AvgIpc) is 3.13. The number of benzene rings is 1. The van der Waals surface area contributed by atoms with Gasteiger partial charge >= 0.3 is 0 Å². The van der Waals surface area contributed by atoms with Crippen LogP contribution in [0.5, 0.6) is 0 Å². The minimum atomic E-state index is -0.198.